The Labute approximate surface area is 166 Å². The lowest BCUT2D eigenvalue weighted by Crippen LogP contribution is -2.31. The number of carbonyl (C=O) groups is 2. The number of amides is 2. The Morgan fingerprint density at radius 1 is 1.22 bits per heavy atom. The average molecular weight is 394 g/mol. The van der Waals surface area contributed by atoms with Crippen molar-refractivity contribution in [2.24, 2.45) is 11.3 Å². The third-order valence-corrected chi connectivity index (χ3v) is 6.20. The molecule has 0 radical (unpaired) electrons. The Morgan fingerprint density at radius 2 is 1.93 bits per heavy atom. The number of anilines is 1. The van der Waals surface area contributed by atoms with E-state index in [4.69, 9.17) is 4.74 Å². The van der Waals surface area contributed by atoms with Crippen LogP contribution in [0, 0.1) is 11.3 Å². The molecule has 27 heavy (non-hydrogen) atoms. The molecule has 1 aliphatic carbocycles. The summed E-state index contributed by atoms with van der Waals surface area (Å²) in [5.74, 6) is 0.751. The van der Waals surface area contributed by atoms with Crippen LogP contribution in [0.25, 0.3) is 0 Å². The Bertz CT molecular complexity index is 712. The maximum Gasteiger partial charge on any atom is 0.253 e. The van der Waals surface area contributed by atoms with Crippen LogP contribution in [0.2, 0.25) is 0 Å². The van der Waals surface area contributed by atoms with Gasteiger partial charge in [-0.3, -0.25) is 9.59 Å². The minimum absolute atomic E-state index is 0. The van der Waals surface area contributed by atoms with E-state index in [1.165, 1.54) is 0 Å². The molecule has 2 amide bonds. The van der Waals surface area contributed by atoms with Gasteiger partial charge in [-0.2, -0.15) is 0 Å². The summed E-state index contributed by atoms with van der Waals surface area (Å²) in [7, 11) is 1.58. The fourth-order valence-electron chi connectivity index (χ4n) is 4.46. The van der Waals surface area contributed by atoms with Gasteiger partial charge in [-0.1, -0.05) is 0 Å². The van der Waals surface area contributed by atoms with Crippen LogP contribution < -0.4 is 15.4 Å². The standard InChI is InChI=1S/C20H27N3O3.ClH/c1-26-17-5-4-14(19(25)23-10-2-3-11-23)12-16(17)22-18(24)15-13-20(15)6-8-21-9-7-20;/h4-5,12,15,21H,2-3,6-11,13H2,1H3,(H,22,24);1H. The van der Waals surface area contributed by atoms with Gasteiger partial charge in [-0.25, -0.2) is 0 Å². The van der Waals surface area contributed by atoms with Crippen molar-refractivity contribution >= 4 is 29.9 Å². The molecular formula is C20H28ClN3O3. The summed E-state index contributed by atoms with van der Waals surface area (Å²) < 4.78 is 5.39. The first-order chi connectivity index (χ1) is 12.6. The summed E-state index contributed by atoms with van der Waals surface area (Å²) >= 11 is 0. The first-order valence-corrected chi connectivity index (χ1v) is 9.62. The zero-order chi connectivity index (χ0) is 18.1. The summed E-state index contributed by atoms with van der Waals surface area (Å²) in [4.78, 5) is 27.3. The first kappa shape index (κ1) is 20.0. The fourth-order valence-corrected chi connectivity index (χ4v) is 4.46. The van der Waals surface area contributed by atoms with Gasteiger partial charge >= 0.3 is 0 Å². The number of nitrogens with zero attached hydrogens (tertiary/aromatic N) is 1. The van der Waals surface area contributed by atoms with E-state index in [1.54, 1.807) is 25.3 Å². The third-order valence-electron chi connectivity index (χ3n) is 6.20. The smallest absolute Gasteiger partial charge is 0.253 e. The lowest BCUT2D eigenvalue weighted by atomic mass is 9.92. The molecule has 148 valence electrons. The largest absolute Gasteiger partial charge is 0.495 e. The third kappa shape index (κ3) is 3.92. The van der Waals surface area contributed by atoms with Gasteiger partial charge in [0.15, 0.2) is 0 Å². The van der Waals surface area contributed by atoms with Crippen LogP contribution in [0.4, 0.5) is 5.69 Å². The van der Waals surface area contributed by atoms with Crippen molar-refractivity contribution in [3.05, 3.63) is 23.8 Å². The van der Waals surface area contributed by atoms with Gasteiger partial charge in [0, 0.05) is 24.6 Å². The number of methoxy groups -OCH3 is 1. The molecule has 2 aliphatic heterocycles. The van der Waals surface area contributed by atoms with Gasteiger partial charge in [-0.15, -0.1) is 12.4 Å². The quantitative estimate of drug-likeness (QED) is 0.825. The summed E-state index contributed by atoms with van der Waals surface area (Å²) in [6.07, 6.45) is 5.22. The van der Waals surface area contributed by atoms with Crippen LogP contribution in [0.5, 0.6) is 5.75 Å². The van der Waals surface area contributed by atoms with Crippen molar-refractivity contribution in [2.45, 2.75) is 32.1 Å². The molecule has 3 fully saturated rings. The van der Waals surface area contributed by atoms with Gasteiger partial charge in [0.1, 0.15) is 5.75 Å². The zero-order valence-electron chi connectivity index (χ0n) is 15.8. The van der Waals surface area contributed by atoms with Crippen LogP contribution in [-0.4, -0.2) is 50.0 Å². The summed E-state index contributed by atoms with van der Waals surface area (Å²) in [6.45, 7) is 3.61. The minimum atomic E-state index is 0. The van der Waals surface area contributed by atoms with Crippen LogP contribution >= 0.6 is 12.4 Å². The van der Waals surface area contributed by atoms with Crippen LogP contribution in [0.3, 0.4) is 0 Å². The molecule has 1 atom stereocenters. The van der Waals surface area contributed by atoms with E-state index in [0.29, 0.717) is 17.0 Å². The number of hydrogen-bond acceptors (Lipinski definition) is 4. The summed E-state index contributed by atoms with van der Waals surface area (Å²) in [5.41, 5.74) is 1.39. The monoisotopic (exact) mass is 393 g/mol. The van der Waals surface area contributed by atoms with Crippen molar-refractivity contribution in [3.63, 3.8) is 0 Å². The molecular weight excluding hydrogens is 366 g/mol. The van der Waals surface area contributed by atoms with E-state index >= 15 is 0 Å². The number of nitrogens with one attached hydrogen (secondary N) is 2. The van der Waals surface area contributed by atoms with Crippen LogP contribution in [-0.2, 0) is 4.79 Å². The van der Waals surface area contributed by atoms with Gasteiger partial charge in [-0.05, 0) is 68.8 Å². The van der Waals surface area contributed by atoms with E-state index < -0.39 is 0 Å². The van der Waals surface area contributed by atoms with Gasteiger partial charge in [0.2, 0.25) is 5.91 Å². The molecule has 1 aromatic carbocycles. The van der Waals surface area contributed by atoms with Crippen molar-refractivity contribution in [2.75, 3.05) is 38.6 Å². The molecule has 2 N–H and O–H groups in total. The number of ether oxygens (including phenoxy) is 1. The molecule has 0 aromatic heterocycles. The molecule has 1 spiro atoms. The fraction of sp³-hybridized carbons (Fsp3) is 0.600. The molecule has 0 bridgehead atoms. The maximum absolute atomic E-state index is 12.8. The number of halogens is 1. The Hall–Kier alpha value is -1.79. The predicted molar refractivity (Wildman–Crippen MR) is 107 cm³/mol. The topological polar surface area (TPSA) is 70.7 Å². The van der Waals surface area contributed by atoms with Crippen LogP contribution in [0.15, 0.2) is 18.2 Å². The Morgan fingerprint density at radius 3 is 2.59 bits per heavy atom. The normalized spacial score (nSPS) is 22.9. The lowest BCUT2D eigenvalue weighted by molar-refractivity contribution is -0.118. The number of hydrogen-bond donors (Lipinski definition) is 2. The number of benzene rings is 1. The number of likely N-dealkylation sites (tertiary alicyclic amines) is 1. The highest BCUT2D eigenvalue weighted by Crippen LogP contribution is 2.58. The van der Waals surface area contributed by atoms with E-state index in [0.717, 1.165) is 58.3 Å². The molecule has 7 heteroatoms. The van der Waals surface area contributed by atoms with E-state index in [2.05, 4.69) is 10.6 Å². The second-order valence-corrected chi connectivity index (χ2v) is 7.77. The molecule has 2 heterocycles. The Balaban J connectivity index is 0.00000210. The van der Waals surface area contributed by atoms with Gasteiger partial charge < -0.3 is 20.3 Å². The van der Waals surface area contributed by atoms with E-state index in [1.807, 2.05) is 4.90 Å². The van der Waals surface area contributed by atoms with Crippen molar-refractivity contribution in [1.29, 1.82) is 0 Å². The zero-order valence-corrected chi connectivity index (χ0v) is 16.6. The van der Waals surface area contributed by atoms with Gasteiger partial charge in [0.05, 0.1) is 12.8 Å². The average Bonchev–Trinajstić information content (AvgIpc) is 3.09. The van der Waals surface area contributed by atoms with Crippen molar-refractivity contribution in [1.82, 2.24) is 10.2 Å². The van der Waals surface area contributed by atoms with Crippen molar-refractivity contribution < 1.29 is 14.3 Å². The van der Waals surface area contributed by atoms with Crippen LogP contribution in [0.1, 0.15) is 42.5 Å². The minimum Gasteiger partial charge on any atom is -0.495 e. The summed E-state index contributed by atoms with van der Waals surface area (Å²) in [5, 5.41) is 6.39. The van der Waals surface area contributed by atoms with E-state index in [9.17, 15) is 9.59 Å². The highest BCUT2D eigenvalue weighted by atomic mass is 35.5. The SMILES string of the molecule is COc1ccc(C(=O)N2CCCC2)cc1NC(=O)C1CC12CCNCC2.Cl. The highest BCUT2D eigenvalue weighted by Gasteiger charge is 2.57. The van der Waals surface area contributed by atoms with E-state index in [-0.39, 0.29) is 35.6 Å². The van der Waals surface area contributed by atoms with Gasteiger partial charge in [0.25, 0.3) is 5.91 Å². The number of carbonyl (C=O) groups excluding carboxylic acids is 2. The first-order valence-electron chi connectivity index (χ1n) is 9.62. The molecule has 3 aliphatic rings. The lowest BCUT2D eigenvalue weighted by Gasteiger charge is -2.23. The summed E-state index contributed by atoms with van der Waals surface area (Å²) in [6, 6.07) is 5.31. The second-order valence-electron chi connectivity index (χ2n) is 7.77. The highest BCUT2D eigenvalue weighted by molar-refractivity contribution is 6.00. The Kier molecular flexibility index (Phi) is 5.96. The molecule has 1 aromatic rings. The number of rotatable bonds is 4. The van der Waals surface area contributed by atoms with Crippen molar-refractivity contribution in [3.8, 4) is 5.75 Å². The molecule has 2 saturated heterocycles. The maximum atomic E-state index is 12.8. The predicted octanol–water partition coefficient (Wildman–Crippen LogP) is 2.68. The molecule has 4 rings (SSSR count). The second kappa shape index (κ2) is 8.07. The molecule has 6 nitrogen and oxygen atoms in total. The molecule has 1 unspecified atom stereocenters. The molecule has 1 saturated carbocycles. The number of piperidine rings is 1.